The summed E-state index contributed by atoms with van der Waals surface area (Å²) >= 11 is 0. The molecular formula is C15H21FN4. The van der Waals surface area contributed by atoms with Crippen LogP contribution in [-0.2, 0) is 0 Å². The molecule has 1 aromatic heterocycles. The second kappa shape index (κ2) is 7.03. The molecule has 1 N–H and O–H groups in total. The maximum Gasteiger partial charge on any atom is 0.150 e. The summed E-state index contributed by atoms with van der Waals surface area (Å²) in [7, 11) is 0. The van der Waals surface area contributed by atoms with Gasteiger partial charge in [-0.25, -0.2) is 14.1 Å². The molecule has 0 radical (unpaired) electrons. The van der Waals surface area contributed by atoms with Crippen LogP contribution in [0.25, 0.3) is 5.69 Å². The van der Waals surface area contributed by atoms with E-state index in [-0.39, 0.29) is 5.82 Å². The first kappa shape index (κ1) is 14.5. The fourth-order valence-corrected chi connectivity index (χ4v) is 2.17. The van der Waals surface area contributed by atoms with Crippen molar-refractivity contribution >= 4 is 5.69 Å². The van der Waals surface area contributed by atoms with Crippen LogP contribution in [0, 0.1) is 5.82 Å². The Kier molecular flexibility index (Phi) is 5.09. The van der Waals surface area contributed by atoms with Crippen molar-refractivity contribution in [3.8, 4) is 5.69 Å². The molecule has 20 heavy (non-hydrogen) atoms. The number of halogens is 1. The van der Waals surface area contributed by atoms with E-state index in [9.17, 15) is 4.39 Å². The van der Waals surface area contributed by atoms with Crippen LogP contribution >= 0.6 is 0 Å². The molecule has 2 rings (SSSR count). The number of rotatable bonds is 7. The first-order chi connectivity index (χ1) is 9.70. The van der Waals surface area contributed by atoms with Gasteiger partial charge in [-0.1, -0.05) is 26.2 Å². The van der Waals surface area contributed by atoms with Crippen molar-refractivity contribution in [3.63, 3.8) is 0 Å². The molecule has 108 valence electrons. The summed E-state index contributed by atoms with van der Waals surface area (Å²) in [6.07, 6.45) is 7.63. The molecule has 2 aromatic rings. The second-order valence-electron chi connectivity index (χ2n) is 5.05. The quantitative estimate of drug-likeness (QED) is 0.782. The number of hydrogen-bond donors (Lipinski definition) is 1. The Morgan fingerprint density at radius 3 is 2.85 bits per heavy atom. The lowest BCUT2D eigenvalue weighted by Crippen LogP contribution is -2.15. The van der Waals surface area contributed by atoms with Gasteiger partial charge in [0.25, 0.3) is 0 Å². The smallest absolute Gasteiger partial charge is 0.150 e. The lowest BCUT2D eigenvalue weighted by Gasteiger charge is -2.15. The maximum absolute atomic E-state index is 14.0. The number of benzene rings is 1. The average Bonchev–Trinajstić information content (AvgIpc) is 2.93. The van der Waals surface area contributed by atoms with Gasteiger partial charge in [-0.05, 0) is 31.5 Å². The molecule has 0 bridgehead atoms. The Balaban J connectivity index is 1.99. The molecule has 0 saturated carbocycles. The second-order valence-corrected chi connectivity index (χ2v) is 5.05. The molecule has 1 heterocycles. The van der Waals surface area contributed by atoms with Crippen molar-refractivity contribution in [1.29, 1.82) is 0 Å². The average molecular weight is 276 g/mol. The third kappa shape index (κ3) is 3.79. The fraction of sp³-hybridized carbons (Fsp3) is 0.467. The van der Waals surface area contributed by atoms with Crippen molar-refractivity contribution in [3.05, 3.63) is 36.7 Å². The van der Waals surface area contributed by atoms with E-state index in [1.54, 1.807) is 6.07 Å². The Morgan fingerprint density at radius 1 is 1.35 bits per heavy atom. The van der Waals surface area contributed by atoms with Crippen LogP contribution in [0.1, 0.15) is 39.5 Å². The molecule has 0 amide bonds. The minimum absolute atomic E-state index is 0.304. The summed E-state index contributed by atoms with van der Waals surface area (Å²) in [4.78, 5) is 3.82. The van der Waals surface area contributed by atoms with Crippen LogP contribution in [0.15, 0.2) is 30.9 Å². The first-order valence-corrected chi connectivity index (χ1v) is 7.11. The zero-order chi connectivity index (χ0) is 14.4. The van der Waals surface area contributed by atoms with E-state index in [1.807, 2.05) is 6.07 Å². The van der Waals surface area contributed by atoms with Crippen molar-refractivity contribution in [2.24, 2.45) is 0 Å². The summed E-state index contributed by atoms with van der Waals surface area (Å²) in [5.41, 5.74) is 1.21. The number of hydrogen-bond acceptors (Lipinski definition) is 3. The SMILES string of the molecule is CCCCCC(C)Nc1ccc(-n2cncn2)c(F)c1. The number of aromatic nitrogens is 3. The van der Waals surface area contributed by atoms with Gasteiger partial charge in [0.2, 0.25) is 0 Å². The molecule has 4 nitrogen and oxygen atoms in total. The molecule has 1 unspecified atom stereocenters. The van der Waals surface area contributed by atoms with Crippen LogP contribution in [-0.4, -0.2) is 20.8 Å². The Hall–Kier alpha value is -1.91. The van der Waals surface area contributed by atoms with Gasteiger partial charge in [0, 0.05) is 11.7 Å². The van der Waals surface area contributed by atoms with Crippen molar-refractivity contribution in [1.82, 2.24) is 14.8 Å². The maximum atomic E-state index is 14.0. The predicted octanol–water partition coefficient (Wildman–Crippen LogP) is 3.79. The molecule has 0 saturated heterocycles. The van der Waals surface area contributed by atoms with Gasteiger partial charge in [0.05, 0.1) is 0 Å². The fourth-order valence-electron chi connectivity index (χ4n) is 2.17. The van der Waals surface area contributed by atoms with Gasteiger partial charge in [-0.3, -0.25) is 0 Å². The number of nitrogens with zero attached hydrogens (tertiary/aromatic N) is 3. The topological polar surface area (TPSA) is 42.7 Å². The van der Waals surface area contributed by atoms with E-state index in [0.717, 1.165) is 12.1 Å². The van der Waals surface area contributed by atoms with Crippen molar-refractivity contribution < 1.29 is 4.39 Å². The first-order valence-electron chi connectivity index (χ1n) is 7.11. The van der Waals surface area contributed by atoms with Gasteiger partial charge >= 0.3 is 0 Å². The van der Waals surface area contributed by atoms with Gasteiger partial charge in [0.1, 0.15) is 18.3 Å². The Morgan fingerprint density at radius 2 is 2.20 bits per heavy atom. The summed E-state index contributed by atoms with van der Waals surface area (Å²) < 4.78 is 15.5. The highest BCUT2D eigenvalue weighted by Gasteiger charge is 2.08. The third-order valence-corrected chi connectivity index (χ3v) is 3.27. The predicted molar refractivity (Wildman–Crippen MR) is 78.5 cm³/mol. The summed E-state index contributed by atoms with van der Waals surface area (Å²) in [5.74, 6) is -0.304. The molecule has 1 atom stereocenters. The van der Waals surface area contributed by atoms with Crippen LogP contribution < -0.4 is 5.32 Å². The largest absolute Gasteiger partial charge is 0.383 e. The molecule has 0 aliphatic heterocycles. The monoisotopic (exact) mass is 276 g/mol. The number of nitrogens with one attached hydrogen (secondary N) is 1. The number of unbranched alkanes of at least 4 members (excludes halogenated alkanes) is 2. The highest BCUT2D eigenvalue weighted by atomic mass is 19.1. The normalized spacial score (nSPS) is 12.3. The Labute approximate surface area is 119 Å². The molecule has 0 spiro atoms. The Bertz CT molecular complexity index is 525. The summed E-state index contributed by atoms with van der Waals surface area (Å²) in [6, 6.07) is 5.44. The van der Waals surface area contributed by atoms with Crippen LogP contribution in [0.5, 0.6) is 0 Å². The molecule has 1 aromatic carbocycles. The van der Waals surface area contributed by atoms with Crippen LogP contribution in [0.2, 0.25) is 0 Å². The summed E-state index contributed by atoms with van der Waals surface area (Å²) in [6.45, 7) is 4.31. The molecule has 0 aliphatic rings. The minimum Gasteiger partial charge on any atom is -0.383 e. The van der Waals surface area contributed by atoms with E-state index >= 15 is 0 Å². The van der Waals surface area contributed by atoms with E-state index in [2.05, 4.69) is 29.2 Å². The molecule has 0 fully saturated rings. The molecular weight excluding hydrogens is 255 g/mol. The molecule has 5 heteroatoms. The van der Waals surface area contributed by atoms with Crippen LogP contribution in [0.3, 0.4) is 0 Å². The van der Waals surface area contributed by atoms with Crippen molar-refractivity contribution in [2.45, 2.75) is 45.6 Å². The van der Waals surface area contributed by atoms with Crippen LogP contribution in [0.4, 0.5) is 10.1 Å². The zero-order valence-corrected chi connectivity index (χ0v) is 12.0. The standard InChI is InChI=1S/C15H21FN4/c1-3-4-5-6-12(2)19-13-7-8-15(14(16)9-13)20-11-17-10-18-20/h7-12,19H,3-6H2,1-2H3. The zero-order valence-electron chi connectivity index (χ0n) is 12.0. The number of anilines is 1. The summed E-state index contributed by atoms with van der Waals surface area (Å²) in [5, 5.41) is 7.26. The highest BCUT2D eigenvalue weighted by molar-refractivity contribution is 5.49. The van der Waals surface area contributed by atoms with Gasteiger partial charge < -0.3 is 5.32 Å². The minimum atomic E-state index is -0.304. The van der Waals surface area contributed by atoms with E-state index in [4.69, 9.17) is 0 Å². The van der Waals surface area contributed by atoms with E-state index in [0.29, 0.717) is 11.7 Å². The van der Waals surface area contributed by atoms with E-state index in [1.165, 1.54) is 42.7 Å². The van der Waals surface area contributed by atoms with Gasteiger partial charge in [-0.15, -0.1) is 0 Å². The third-order valence-electron chi connectivity index (χ3n) is 3.27. The van der Waals surface area contributed by atoms with Crippen molar-refractivity contribution in [2.75, 3.05) is 5.32 Å². The lowest BCUT2D eigenvalue weighted by atomic mass is 10.1. The van der Waals surface area contributed by atoms with Gasteiger partial charge in [0.15, 0.2) is 5.82 Å². The molecule has 0 aliphatic carbocycles. The van der Waals surface area contributed by atoms with Gasteiger partial charge in [-0.2, -0.15) is 5.10 Å². The highest BCUT2D eigenvalue weighted by Crippen LogP contribution is 2.19. The van der Waals surface area contributed by atoms with E-state index < -0.39 is 0 Å². The lowest BCUT2D eigenvalue weighted by molar-refractivity contribution is 0.605.